The van der Waals surface area contributed by atoms with E-state index < -0.39 is 0 Å². The number of benzene rings is 2. The van der Waals surface area contributed by atoms with Gasteiger partial charge in [0.25, 0.3) is 0 Å². The number of nitrogens with one attached hydrogen (secondary N) is 1. The fourth-order valence-electron chi connectivity index (χ4n) is 3.45. The van der Waals surface area contributed by atoms with Gasteiger partial charge in [-0.1, -0.05) is 54.1 Å². The maximum atomic E-state index is 12.9. The first-order valence-electron chi connectivity index (χ1n) is 9.04. The SMILES string of the molecule is Cc1ccc(CNC(=O)[C@@H]2CC=CC[C@@H]2c2nc3ccccc3s2)cc1. The van der Waals surface area contributed by atoms with Crippen molar-refractivity contribution < 1.29 is 4.79 Å². The van der Waals surface area contributed by atoms with E-state index in [4.69, 9.17) is 4.98 Å². The Kier molecular flexibility index (Phi) is 4.85. The minimum atomic E-state index is -0.0500. The van der Waals surface area contributed by atoms with Gasteiger partial charge in [0.1, 0.15) is 0 Å². The molecular formula is C22H22N2OS. The molecule has 3 aromatic rings. The van der Waals surface area contributed by atoms with Gasteiger partial charge >= 0.3 is 0 Å². The Morgan fingerprint density at radius 2 is 1.88 bits per heavy atom. The predicted molar refractivity (Wildman–Crippen MR) is 107 cm³/mol. The summed E-state index contributed by atoms with van der Waals surface area (Å²) >= 11 is 1.72. The number of allylic oxidation sites excluding steroid dienone is 2. The van der Waals surface area contributed by atoms with Crippen LogP contribution in [0.25, 0.3) is 10.2 Å². The molecule has 3 nitrogen and oxygen atoms in total. The number of carbonyl (C=O) groups excluding carboxylic acids is 1. The van der Waals surface area contributed by atoms with Gasteiger partial charge in [-0.2, -0.15) is 0 Å². The van der Waals surface area contributed by atoms with E-state index in [1.54, 1.807) is 11.3 Å². The second-order valence-electron chi connectivity index (χ2n) is 6.88. The zero-order chi connectivity index (χ0) is 17.9. The van der Waals surface area contributed by atoms with Gasteiger partial charge in [-0.15, -0.1) is 11.3 Å². The van der Waals surface area contributed by atoms with Crippen LogP contribution in [0.4, 0.5) is 0 Å². The highest BCUT2D eigenvalue weighted by molar-refractivity contribution is 7.18. The lowest BCUT2D eigenvalue weighted by atomic mass is 9.82. The highest BCUT2D eigenvalue weighted by Gasteiger charge is 2.32. The summed E-state index contributed by atoms with van der Waals surface area (Å²) < 4.78 is 1.19. The van der Waals surface area contributed by atoms with Crippen molar-refractivity contribution in [2.45, 2.75) is 32.2 Å². The van der Waals surface area contributed by atoms with E-state index in [0.29, 0.717) is 6.54 Å². The Morgan fingerprint density at radius 3 is 2.69 bits per heavy atom. The maximum absolute atomic E-state index is 12.9. The maximum Gasteiger partial charge on any atom is 0.224 e. The molecule has 2 atom stereocenters. The molecule has 0 saturated heterocycles. The minimum absolute atomic E-state index is 0.0500. The lowest BCUT2D eigenvalue weighted by Gasteiger charge is -2.26. The van der Waals surface area contributed by atoms with Crippen LogP contribution in [-0.2, 0) is 11.3 Å². The van der Waals surface area contributed by atoms with Gasteiger partial charge in [0.15, 0.2) is 0 Å². The fourth-order valence-corrected chi connectivity index (χ4v) is 4.60. The van der Waals surface area contributed by atoms with Crippen LogP contribution in [-0.4, -0.2) is 10.9 Å². The molecule has 132 valence electrons. The molecule has 4 heteroatoms. The summed E-state index contributed by atoms with van der Waals surface area (Å²) in [5.74, 6) is 0.237. The largest absolute Gasteiger partial charge is 0.352 e. The summed E-state index contributed by atoms with van der Waals surface area (Å²) in [7, 11) is 0. The van der Waals surface area contributed by atoms with Crippen LogP contribution in [0.3, 0.4) is 0 Å². The third-order valence-corrected chi connectivity index (χ3v) is 6.15. The topological polar surface area (TPSA) is 42.0 Å². The van der Waals surface area contributed by atoms with E-state index in [1.807, 2.05) is 18.2 Å². The lowest BCUT2D eigenvalue weighted by Crippen LogP contribution is -2.34. The van der Waals surface area contributed by atoms with Gasteiger partial charge in [0.05, 0.1) is 21.1 Å². The summed E-state index contributed by atoms with van der Waals surface area (Å²) in [6.45, 7) is 2.64. The lowest BCUT2D eigenvalue weighted by molar-refractivity contribution is -0.125. The number of para-hydroxylation sites is 1. The minimum Gasteiger partial charge on any atom is -0.352 e. The van der Waals surface area contributed by atoms with Crippen molar-refractivity contribution in [2.24, 2.45) is 5.92 Å². The van der Waals surface area contributed by atoms with Crippen LogP contribution in [0.5, 0.6) is 0 Å². The van der Waals surface area contributed by atoms with Crippen LogP contribution in [0.2, 0.25) is 0 Å². The van der Waals surface area contributed by atoms with Gasteiger partial charge in [0.2, 0.25) is 5.91 Å². The third-order valence-electron chi connectivity index (χ3n) is 4.98. The zero-order valence-electron chi connectivity index (χ0n) is 14.8. The highest BCUT2D eigenvalue weighted by atomic mass is 32.1. The molecule has 1 heterocycles. The summed E-state index contributed by atoms with van der Waals surface area (Å²) in [5, 5.41) is 4.20. The molecule has 0 fully saturated rings. The number of carbonyl (C=O) groups is 1. The molecule has 26 heavy (non-hydrogen) atoms. The van der Waals surface area contributed by atoms with E-state index in [-0.39, 0.29) is 17.7 Å². The number of nitrogens with zero attached hydrogens (tertiary/aromatic N) is 1. The van der Waals surface area contributed by atoms with E-state index in [9.17, 15) is 4.79 Å². The van der Waals surface area contributed by atoms with E-state index in [2.05, 4.69) is 54.7 Å². The number of fused-ring (bicyclic) bond motifs is 1. The Labute approximate surface area is 157 Å². The molecular weight excluding hydrogens is 340 g/mol. The molecule has 0 saturated carbocycles. The normalized spacial score (nSPS) is 19.6. The van der Waals surface area contributed by atoms with Gasteiger partial charge in [-0.3, -0.25) is 4.79 Å². The summed E-state index contributed by atoms with van der Waals surface area (Å²) in [5.41, 5.74) is 3.39. The van der Waals surface area contributed by atoms with Gasteiger partial charge in [0, 0.05) is 12.5 Å². The van der Waals surface area contributed by atoms with Crippen molar-refractivity contribution >= 4 is 27.5 Å². The Morgan fingerprint density at radius 1 is 1.12 bits per heavy atom. The van der Waals surface area contributed by atoms with Gasteiger partial charge in [-0.05, 0) is 37.5 Å². The number of aryl methyl sites for hydroxylation is 1. The number of aromatic nitrogens is 1. The molecule has 0 unspecified atom stereocenters. The standard InChI is InChI=1S/C22H22N2OS/c1-15-10-12-16(13-11-15)14-23-21(25)17-6-2-3-7-18(17)22-24-19-8-4-5-9-20(19)26-22/h2-5,8-13,17-18H,6-7,14H2,1H3,(H,23,25)/t17-,18+/m1/s1. The number of hydrogen-bond acceptors (Lipinski definition) is 3. The molecule has 1 N–H and O–H groups in total. The first-order chi connectivity index (χ1) is 12.7. The quantitative estimate of drug-likeness (QED) is 0.666. The first kappa shape index (κ1) is 17.0. The average molecular weight is 362 g/mol. The van der Waals surface area contributed by atoms with Crippen molar-refractivity contribution in [3.8, 4) is 0 Å². The van der Waals surface area contributed by atoms with Crippen molar-refractivity contribution in [1.82, 2.24) is 10.3 Å². The number of rotatable bonds is 4. The predicted octanol–water partition coefficient (Wildman–Crippen LogP) is 4.97. The number of hydrogen-bond donors (Lipinski definition) is 1. The number of amides is 1. The van der Waals surface area contributed by atoms with E-state index in [1.165, 1.54) is 10.3 Å². The van der Waals surface area contributed by atoms with Crippen LogP contribution in [0, 0.1) is 12.8 Å². The second-order valence-corrected chi connectivity index (χ2v) is 7.94. The first-order valence-corrected chi connectivity index (χ1v) is 9.86. The van der Waals surface area contributed by atoms with Crippen LogP contribution in [0.15, 0.2) is 60.7 Å². The smallest absolute Gasteiger partial charge is 0.224 e. The average Bonchev–Trinajstić information content (AvgIpc) is 3.11. The highest BCUT2D eigenvalue weighted by Crippen LogP contribution is 2.38. The van der Waals surface area contributed by atoms with E-state index >= 15 is 0 Å². The monoisotopic (exact) mass is 362 g/mol. The second kappa shape index (κ2) is 7.42. The van der Waals surface area contributed by atoms with Crippen LogP contribution >= 0.6 is 11.3 Å². The van der Waals surface area contributed by atoms with Crippen molar-refractivity contribution in [3.05, 3.63) is 76.8 Å². The van der Waals surface area contributed by atoms with Gasteiger partial charge < -0.3 is 5.32 Å². The van der Waals surface area contributed by atoms with E-state index in [0.717, 1.165) is 28.9 Å². The Balaban J connectivity index is 1.50. The number of thiazole rings is 1. The molecule has 4 rings (SSSR count). The summed E-state index contributed by atoms with van der Waals surface area (Å²) in [4.78, 5) is 17.7. The fraction of sp³-hybridized carbons (Fsp3) is 0.273. The Bertz CT molecular complexity index is 909. The molecule has 0 radical (unpaired) electrons. The molecule has 0 spiro atoms. The summed E-state index contributed by atoms with van der Waals surface area (Å²) in [6.07, 6.45) is 5.96. The van der Waals surface area contributed by atoms with Crippen LogP contribution in [0.1, 0.15) is 34.9 Å². The molecule has 0 aliphatic heterocycles. The van der Waals surface area contributed by atoms with Crippen molar-refractivity contribution in [3.63, 3.8) is 0 Å². The molecule has 2 aromatic carbocycles. The zero-order valence-corrected chi connectivity index (χ0v) is 15.6. The molecule has 1 aromatic heterocycles. The molecule has 1 aliphatic carbocycles. The van der Waals surface area contributed by atoms with Crippen molar-refractivity contribution in [1.29, 1.82) is 0 Å². The van der Waals surface area contributed by atoms with Crippen LogP contribution < -0.4 is 5.32 Å². The third kappa shape index (κ3) is 3.56. The molecule has 1 aliphatic rings. The van der Waals surface area contributed by atoms with Crippen molar-refractivity contribution in [2.75, 3.05) is 0 Å². The van der Waals surface area contributed by atoms with Gasteiger partial charge in [-0.25, -0.2) is 4.98 Å². The summed E-state index contributed by atoms with van der Waals surface area (Å²) in [6, 6.07) is 16.5. The Hall–Kier alpha value is -2.46. The molecule has 1 amide bonds. The molecule has 0 bridgehead atoms.